The number of anilines is 2. The Hall–Kier alpha value is -3.43. The van der Waals surface area contributed by atoms with Crippen LogP contribution in [-0.2, 0) is 9.53 Å². The van der Waals surface area contributed by atoms with Gasteiger partial charge in [-0.2, -0.15) is 0 Å². The molecule has 0 saturated carbocycles. The summed E-state index contributed by atoms with van der Waals surface area (Å²) in [4.78, 5) is 22.4. The average molecular weight is 513 g/mol. The van der Waals surface area contributed by atoms with Crippen molar-refractivity contribution in [3.63, 3.8) is 0 Å². The number of likely N-dealkylation sites (tertiary alicyclic amines) is 1. The normalized spacial score (nSPS) is 18.3. The smallest absolute Gasteiger partial charge is 0.245 e. The number of halogens is 2. The van der Waals surface area contributed by atoms with Crippen LogP contribution in [0.5, 0.6) is 11.5 Å². The van der Waals surface area contributed by atoms with Gasteiger partial charge in [0, 0.05) is 43.8 Å². The Morgan fingerprint density at radius 1 is 1.17 bits per heavy atom. The molecule has 5 rings (SSSR count). The SMILES string of the molecule is C=CC(=O)N1CCC(Oc2cc3c(Nc4cccc(Cl)c4F)ncnc3cc2O[C@H]2CCOC2)CC1. The van der Waals surface area contributed by atoms with Crippen LogP contribution >= 0.6 is 11.6 Å². The number of fused-ring (bicyclic) bond motifs is 1. The van der Waals surface area contributed by atoms with E-state index in [2.05, 4.69) is 21.9 Å². The van der Waals surface area contributed by atoms with Gasteiger partial charge in [0.1, 0.15) is 24.4 Å². The van der Waals surface area contributed by atoms with Crippen molar-refractivity contribution < 1.29 is 23.4 Å². The molecule has 1 atom stereocenters. The predicted octanol–water partition coefficient (Wildman–Crippen LogP) is 4.89. The van der Waals surface area contributed by atoms with Crippen LogP contribution in [0.4, 0.5) is 15.9 Å². The number of hydrogen-bond donors (Lipinski definition) is 1. The fraction of sp³-hybridized carbons (Fsp3) is 0.346. The van der Waals surface area contributed by atoms with Crippen molar-refractivity contribution in [2.24, 2.45) is 0 Å². The van der Waals surface area contributed by atoms with Crippen LogP contribution in [0.1, 0.15) is 19.3 Å². The molecule has 3 aromatic rings. The number of amides is 1. The standard InChI is InChI=1S/C26H26ClFN4O4/c1-2-24(33)32-9-6-16(7-10-32)35-22-12-18-21(13-23(22)36-17-8-11-34-14-17)29-15-30-26(18)31-20-5-3-4-19(27)25(20)28/h2-5,12-13,15-17H,1,6-11,14H2,(H,29,30,31)/t17-/m0/s1. The number of nitrogens with one attached hydrogen (secondary N) is 1. The van der Waals surface area contributed by atoms with Gasteiger partial charge in [-0.3, -0.25) is 4.79 Å². The lowest BCUT2D eigenvalue weighted by molar-refractivity contribution is -0.127. The van der Waals surface area contributed by atoms with Crippen LogP contribution in [0.3, 0.4) is 0 Å². The minimum Gasteiger partial charge on any atom is -0.486 e. The van der Waals surface area contributed by atoms with E-state index in [-0.39, 0.29) is 28.8 Å². The molecule has 1 amide bonds. The van der Waals surface area contributed by atoms with Crippen LogP contribution < -0.4 is 14.8 Å². The summed E-state index contributed by atoms with van der Waals surface area (Å²) < 4.78 is 32.7. The van der Waals surface area contributed by atoms with E-state index in [1.54, 1.807) is 23.1 Å². The highest BCUT2D eigenvalue weighted by molar-refractivity contribution is 6.31. The topological polar surface area (TPSA) is 85.8 Å². The molecule has 0 unspecified atom stereocenters. The largest absolute Gasteiger partial charge is 0.486 e. The summed E-state index contributed by atoms with van der Waals surface area (Å²) >= 11 is 5.95. The van der Waals surface area contributed by atoms with Crippen LogP contribution in [0.25, 0.3) is 10.9 Å². The molecule has 1 aromatic heterocycles. The van der Waals surface area contributed by atoms with Gasteiger partial charge in [0.05, 0.1) is 29.4 Å². The number of nitrogens with zero attached hydrogens (tertiary/aromatic N) is 3. The molecule has 0 radical (unpaired) electrons. The summed E-state index contributed by atoms with van der Waals surface area (Å²) in [5, 5.41) is 3.68. The van der Waals surface area contributed by atoms with E-state index in [1.165, 1.54) is 18.5 Å². The van der Waals surface area contributed by atoms with E-state index in [4.69, 9.17) is 25.8 Å². The Balaban J connectivity index is 1.46. The summed E-state index contributed by atoms with van der Waals surface area (Å²) in [6.07, 6.45) is 4.67. The minimum atomic E-state index is -0.565. The first kappa shape index (κ1) is 24.3. The second kappa shape index (κ2) is 10.7. The van der Waals surface area contributed by atoms with Crippen LogP contribution in [-0.4, -0.2) is 59.3 Å². The van der Waals surface area contributed by atoms with Crippen molar-refractivity contribution in [2.45, 2.75) is 31.5 Å². The van der Waals surface area contributed by atoms with E-state index >= 15 is 0 Å². The Labute approximate surface area is 213 Å². The Kier molecular flexibility index (Phi) is 7.20. The van der Waals surface area contributed by atoms with Gasteiger partial charge in [0.25, 0.3) is 0 Å². The van der Waals surface area contributed by atoms with Gasteiger partial charge in [-0.15, -0.1) is 0 Å². The zero-order chi connectivity index (χ0) is 25.1. The second-order valence-electron chi connectivity index (χ2n) is 8.71. The van der Waals surface area contributed by atoms with Gasteiger partial charge in [0.2, 0.25) is 5.91 Å². The quantitative estimate of drug-likeness (QED) is 0.451. The van der Waals surface area contributed by atoms with Crippen molar-refractivity contribution in [1.82, 2.24) is 14.9 Å². The summed E-state index contributed by atoms with van der Waals surface area (Å²) in [5.74, 6) is 0.858. The molecule has 2 fully saturated rings. The third-order valence-corrected chi connectivity index (χ3v) is 6.60. The predicted molar refractivity (Wildman–Crippen MR) is 135 cm³/mol. The molecule has 0 bridgehead atoms. The molecule has 0 aliphatic carbocycles. The van der Waals surface area contributed by atoms with Gasteiger partial charge in [-0.05, 0) is 24.3 Å². The summed E-state index contributed by atoms with van der Waals surface area (Å²) in [6.45, 7) is 5.88. The number of carbonyl (C=O) groups excluding carboxylic acids is 1. The van der Waals surface area contributed by atoms with Crippen LogP contribution in [0.15, 0.2) is 49.3 Å². The maximum absolute atomic E-state index is 14.6. The number of piperidine rings is 1. The van der Waals surface area contributed by atoms with Crippen molar-refractivity contribution >= 4 is 39.9 Å². The lowest BCUT2D eigenvalue weighted by atomic mass is 10.1. The summed E-state index contributed by atoms with van der Waals surface area (Å²) in [6, 6.07) is 8.34. The highest BCUT2D eigenvalue weighted by Gasteiger charge is 2.26. The van der Waals surface area contributed by atoms with Gasteiger partial charge >= 0.3 is 0 Å². The molecule has 2 aromatic carbocycles. The first-order valence-electron chi connectivity index (χ1n) is 11.8. The first-order valence-corrected chi connectivity index (χ1v) is 12.2. The second-order valence-corrected chi connectivity index (χ2v) is 9.12. The van der Waals surface area contributed by atoms with Crippen molar-refractivity contribution in [3.8, 4) is 11.5 Å². The lowest BCUT2D eigenvalue weighted by Crippen LogP contribution is -2.41. The third kappa shape index (κ3) is 5.22. The Morgan fingerprint density at radius 3 is 2.69 bits per heavy atom. The number of benzene rings is 2. The molecular formula is C26H26ClFN4O4. The number of hydrogen-bond acceptors (Lipinski definition) is 7. The highest BCUT2D eigenvalue weighted by atomic mass is 35.5. The Bertz CT molecular complexity index is 1280. The van der Waals surface area contributed by atoms with E-state index in [0.717, 1.165) is 6.42 Å². The number of carbonyl (C=O) groups is 1. The van der Waals surface area contributed by atoms with Gasteiger partial charge in [-0.25, -0.2) is 14.4 Å². The molecule has 0 spiro atoms. The molecular weight excluding hydrogens is 487 g/mol. The monoisotopic (exact) mass is 512 g/mol. The van der Waals surface area contributed by atoms with Crippen molar-refractivity contribution in [3.05, 3.63) is 60.2 Å². The molecule has 36 heavy (non-hydrogen) atoms. The van der Waals surface area contributed by atoms with Crippen molar-refractivity contribution in [2.75, 3.05) is 31.6 Å². The van der Waals surface area contributed by atoms with E-state index in [0.29, 0.717) is 67.4 Å². The first-order chi connectivity index (χ1) is 17.5. The zero-order valence-corrected chi connectivity index (χ0v) is 20.3. The fourth-order valence-corrected chi connectivity index (χ4v) is 4.54. The molecule has 2 aliphatic heterocycles. The van der Waals surface area contributed by atoms with E-state index in [1.807, 2.05) is 6.07 Å². The van der Waals surface area contributed by atoms with E-state index in [9.17, 15) is 9.18 Å². The zero-order valence-electron chi connectivity index (χ0n) is 19.6. The maximum Gasteiger partial charge on any atom is 0.245 e. The number of ether oxygens (including phenoxy) is 3. The van der Waals surface area contributed by atoms with Crippen LogP contribution in [0.2, 0.25) is 5.02 Å². The summed E-state index contributed by atoms with van der Waals surface area (Å²) in [5.41, 5.74) is 0.815. The van der Waals surface area contributed by atoms with Gasteiger partial charge in [-0.1, -0.05) is 24.2 Å². The molecule has 188 valence electrons. The number of aromatic nitrogens is 2. The average Bonchev–Trinajstić information content (AvgIpc) is 3.40. The molecule has 10 heteroatoms. The number of rotatable bonds is 7. The molecule has 3 heterocycles. The maximum atomic E-state index is 14.6. The Morgan fingerprint density at radius 2 is 1.94 bits per heavy atom. The summed E-state index contributed by atoms with van der Waals surface area (Å²) in [7, 11) is 0. The minimum absolute atomic E-state index is 0.0122. The van der Waals surface area contributed by atoms with E-state index < -0.39 is 5.82 Å². The van der Waals surface area contributed by atoms with Crippen molar-refractivity contribution in [1.29, 1.82) is 0 Å². The lowest BCUT2D eigenvalue weighted by Gasteiger charge is -2.32. The third-order valence-electron chi connectivity index (χ3n) is 6.31. The van der Waals surface area contributed by atoms with Gasteiger partial charge in [0.15, 0.2) is 17.3 Å². The molecule has 8 nitrogen and oxygen atoms in total. The molecule has 1 N–H and O–H groups in total. The highest BCUT2D eigenvalue weighted by Crippen LogP contribution is 2.38. The molecule has 2 saturated heterocycles. The van der Waals surface area contributed by atoms with Crippen LogP contribution in [0, 0.1) is 5.82 Å². The van der Waals surface area contributed by atoms with Gasteiger partial charge < -0.3 is 24.4 Å². The fourth-order valence-electron chi connectivity index (χ4n) is 4.36. The molecule has 2 aliphatic rings.